The maximum Gasteiger partial charge on any atom is 0.249 e. The number of primary amides is 1. The molecule has 2 aromatic carbocycles. The number of benzene rings is 2. The highest BCUT2D eigenvalue weighted by molar-refractivity contribution is 6.06. The van der Waals surface area contributed by atoms with Crippen LogP contribution in [0.3, 0.4) is 0 Å². The molecule has 0 radical (unpaired) electrons. The highest BCUT2D eigenvalue weighted by atomic mass is 16.3. The Morgan fingerprint density at radius 1 is 1.16 bits per heavy atom. The summed E-state index contributed by atoms with van der Waals surface area (Å²) in [5, 5.41) is 17.6. The summed E-state index contributed by atoms with van der Waals surface area (Å²) in [7, 11) is 0. The lowest BCUT2D eigenvalue weighted by atomic mass is 10.1. The average molecular weight is 428 g/mol. The lowest BCUT2D eigenvalue weighted by Crippen LogP contribution is -2.19. The summed E-state index contributed by atoms with van der Waals surface area (Å²) < 4.78 is 1.78. The highest BCUT2D eigenvalue weighted by Gasteiger charge is 2.22. The minimum atomic E-state index is -0.518. The van der Waals surface area contributed by atoms with Crippen LogP contribution in [0, 0.1) is 0 Å². The predicted molar refractivity (Wildman–Crippen MR) is 124 cm³/mol. The van der Waals surface area contributed by atoms with Crippen LogP contribution in [0.4, 0.5) is 11.6 Å². The molecular formula is C24H24N6O2. The second-order valence-corrected chi connectivity index (χ2v) is 7.80. The molecule has 0 spiro atoms. The number of nitrogens with zero attached hydrogens (tertiary/aromatic N) is 3. The van der Waals surface area contributed by atoms with Gasteiger partial charge in [-0.25, -0.2) is 0 Å². The predicted octanol–water partition coefficient (Wildman–Crippen LogP) is 2.98. The SMILES string of the molecule is NC(=O)c1cccc2c1cc(CO)n2-c1nc2c(c(NCc3ccccc3)n1)CCCN2. The van der Waals surface area contributed by atoms with Gasteiger partial charge in [-0.05, 0) is 36.6 Å². The monoisotopic (exact) mass is 428 g/mol. The van der Waals surface area contributed by atoms with Crippen molar-refractivity contribution in [2.75, 3.05) is 17.2 Å². The zero-order valence-corrected chi connectivity index (χ0v) is 17.5. The van der Waals surface area contributed by atoms with Gasteiger partial charge in [-0.2, -0.15) is 9.97 Å². The van der Waals surface area contributed by atoms with Gasteiger partial charge in [0, 0.05) is 29.6 Å². The molecule has 3 heterocycles. The van der Waals surface area contributed by atoms with Crippen molar-refractivity contribution < 1.29 is 9.90 Å². The van der Waals surface area contributed by atoms with Crippen molar-refractivity contribution in [1.29, 1.82) is 0 Å². The summed E-state index contributed by atoms with van der Waals surface area (Å²) >= 11 is 0. The van der Waals surface area contributed by atoms with E-state index in [-0.39, 0.29) is 6.61 Å². The van der Waals surface area contributed by atoms with Gasteiger partial charge in [-0.1, -0.05) is 36.4 Å². The van der Waals surface area contributed by atoms with E-state index >= 15 is 0 Å². The molecule has 8 heteroatoms. The lowest BCUT2D eigenvalue weighted by molar-refractivity contribution is 0.100. The molecule has 4 aromatic rings. The van der Waals surface area contributed by atoms with Crippen LogP contribution in [0.2, 0.25) is 0 Å². The number of hydrogen-bond donors (Lipinski definition) is 4. The van der Waals surface area contributed by atoms with E-state index in [9.17, 15) is 9.90 Å². The van der Waals surface area contributed by atoms with Crippen LogP contribution < -0.4 is 16.4 Å². The second-order valence-electron chi connectivity index (χ2n) is 7.80. The second kappa shape index (κ2) is 8.32. The van der Waals surface area contributed by atoms with E-state index in [0.29, 0.717) is 29.1 Å². The van der Waals surface area contributed by atoms with Crippen molar-refractivity contribution in [3.63, 3.8) is 0 Å². The first-order valence-corrected chi connectivity index (χ1v) is 10.6. The van der Waals surface area contributed by atoms with Gasteiger partial charge >= 0.3 is 0 Å². The Balaban J connectivity index is 1.64. The number of carbonyl (C=O) groups is 1. The number of hydrogen-bond acceptors (Lipinski definition) is 6. The number of aliphatic hydroxyl groups is 1. The molecular weight excluding hydrogens is 404 g/mol. The fraction of sp³-hybridized carbons (Fsp3) is 0.208. The first-order chi connectivity index (χ1) is 15.7. The Labute approximate surface area is 185 Å². The normalized spacial score (nSPS) is 12.9. The molecule has 0 bridgehead atoms. The van der Waals surface area contributed by atoms with Crippen molar-refractivity contribution >= 4 is 28.4 Å². The van der Waals surface area contributed by atoms with Crippen LogP contribution >= 0.6 is 0 Å². The summed E-state index contributed by atoms with van der Waals surface area (Å²) in [6.07, 6.45) is 1.89. The largest absolute Gasteiger partial charge is 0.390 e. The third-order valence-electron chi connectivity index (χ3n) is 5.74. The molecule has 2 aromatic heterocycles. The molecule has 0 saturated carbocycles. The molecule has 1 amide bonds. The maximum absolute atomic E-state index is 11.9. The van der Waals surface area contributed by atoms with Crippen LogP contribution in [0.1, 0.15) is 33.6 Å². The number of rotatable bonds is 6. The van der Waals surface area contributed by atoms with E-state index in [1.807, 2.05) is 24.3 Å². The molecule has 32 heavy (non-hydrogen) atoms. The van der Waals surface area contributed by atoms with Crippen LogP contribution in [-0.4, -0.2) is 32.1 Å². The zero-order chi connectivity index (χ0) is 22.1. The minimum Gasteiger partial charge on any atom is -0.390 e. The first-order valence-electron chi connectivity index (χ1n) is 10.6. The Morgan fingerprint density at radius 3 is 2.78 bits per heavy atom. The molecule has 0 saturated heterocycles. The summed E-state index contributed by atoms with van der Waals surface area (Å²) in [4.78, 5) is 21.6. The van der Waals surface area contributed by atoms with Gasteiger partial charge in [0.15, 0.2) is 0 Å². The molecule has 0 aliphatic carbocycles. The van der Waals surface area contributed by atoms with Gasteiger partial charge in [0.05, 0.1) is 17.8 Å². The summed E-state index contributed by atoms with van der Waals surface area (Å²) in [5.74, 6) is 1.45. The Hall–Kier alpha value is -3.91. The molecule has 8 nitrogen and oxygen atoms in total. The van der Waals surface area contributed by atoms with E-state index in [0.717, 1.165) is 47.7 Å². The Bertz CT molecular complexity index is 1300. The van der Waals surface area contributed by atoms with Gasteiger partial charge in [0.2, 0.25) is 11.9 Å². The quantitative estimate of drug-likeness (QED) is 0.375. The number of amides is 1. The van der Waals surface area contributed by atoms with E-state index in [4.69, 9.17) is 15.7 Å². The third kappa shape index (κ3) is 3.54. The van der Waals surface area contributed by atoms with Crippen LogP contribution in [-0.2, 0) is 19.6 Å². The fourth-order valence-corrected chi connectivity index (χ4v) is 4.21. The van der Waals surface area contributed by atoms with Gasteiger partial charge in [-0.15, -0.1) is 0 Å². The van der Waals surface area contributed by atoms with Gasteiger partial charge in [0.1, 0.15) is 11.6 Å². The highest BCUT2D eigenvalue weighted by Crippen LogP contribution is 2.31. The van der Waals surface area contributed by atoms with Crippen LogP contribution in [0.15, 0.2) is 54.6 Å². The standard InChI is InChI=1S/C24H24N6O2/c25-21(32)17-8-4-10-20-19(17)12-16(14-31)30(20)24-28-22-18(9-5-11-26-22)23(29-24)27-13-15-6-2-1-3-7-15/h1-4,6-8,10,12,31H,5,9,11,13-14H2,(H2,25,32)(H2,26,27,28,29). The molecule has 0 atom stereocenters. The summed E-state index contributed by atoms with van der Waals surface area (Å²) in [5.41, 5.74) is 9.47. The number of anilines is 2. The van der Waals surface area contributed by atoms with Gasteiger partial charge < -0.3 is 21.5 Å². The molecule has 1 aliphatic heterocycles. The van der Waals surface area contributed by atoms with E-state index in [2.05, 4.69) is 22.8 Å². The first kappa shape index (κ1) is 20.0. The molecule has 5 N–H and O–H groups in total. The Morgan fingerprint density at radius 2 is 2.00 bits per heavy atom. The van der Waals surface area contributed by atoms with Crippen molar-refractivity contribution in [3.05, 3.63) is 77.0 Å². The van der Waals surface area contributed by atoms with Crippen molar-refractivity contribution in [1.82, 2.24) is 14.5 Å². The number of aromatic nitrogens is 3. The van der Waals surface area contributed by atoms with Crippen molar-refractivity contribution in [3.8, 4) is 5.95 Å². The van der Waals surface area contributed by atoms with E-state index in [1.54, 1.807) is 22.8 Å². The lowest BCUT2D eigenvalue weighted by Gasteiger charge is -2.22. The van der Waals surface area contributed by atoms with Crippen LogP contribution in [0.25, 0.3) is 16.9 Å². The Kier molecular flexibility index (Phi) is 5.20. The van der Waals surface area contributed by atoms with Crippen molar-refractivity contribution in [2.45, 2.75) is 26.0 Å². The topological polar surface area (TPSA) is 118 Å². The van der Waals surface area contributed by atoms with Crippen molar-refractivity contribution in [2.24, 2.45) is 5.73 Å². The molecule has 0 fully saturated rings. The number of fused-ring (bicyclic) bond motifs is 2. The van der Waals surface area contributed by atoms with Gasteiger partial charge in [0.25, 0.3) is 0 Å². The van der Waals surface area contributed by atoms with E-state index < -0.39 is 5.91 Å². The minimum absolute atomic E-state index is 0.229. The molecule has 162 valence electrons. The number of aliphatic hydroxyl groups excluding tert-OH is 1. The van der Waals surface area contributed by atoms with Crippen LogP contribution in [0.5, 0.6) is 0 Å². The third-order valence-corrected chi connectivity index (χ3v) is 5.74. The average Bonchev–Trinajstić information content (AvgIpc) is 3.21. The smallest absolute Gasteiger partial charge is 0.249 e. The number of carbonyl (C=O) groups excluding carboxylic acids is 1. The maximum atomic E-state index is 11.9. The number of nitrogens with two attached hydrogens (primary N) is 1. The summed E-state index contributed by atoms with van der Waals surface area (Å²) in [6, 6.07) is 17.2. The summed E-state index contributed by atoms with van der Waals surface area (Å²) in [6.45, 7) is 1.25. The fourth-order valence-electron chi connectivity index (χ4n) is 4.21. The molecule has 5 rings (SSSR count). The van der Waals surface area contributed by atoms with Gasteiger partial charge in [-0.3, -0.25) is 9.36 Å². The molecule has 1 aliphatic rings. The molecule has 0 unspecified atom stereocenters. The van der Waals surface area contributed by atoms with E-state index in [1.165, 1.54) is 0 Å². The number of nitrogens with one attached hydrogen (secondary N) is 2. The zero-order valence-electron chi connectivity index (χ0n) is 17.5.